The van der Waals surface area contributed by atoms with Crippen molar-refractivity contribution in [2.45, 2.75) is 96.6 Å². The number of rotatable bonds is 8. The predicted octanol–water partition coefficient (Wildman–Crippen LogP) is 5.15. The van der Waals surface area contributed by atoms with Crippen LogP contribution in [0.15, 0.2) is 27.4 Å². The van der Waals surface area contributed by atoms with E-state index in [-0.39, 0.29) is 30.1 Å². The third kappa shape index (κ3) is 4.88. The Morgan fingerprint density at radius 3 is 2.82 bits per heavy atom. The summed E-state index contributed by atoms with van der Waals surface area (Å²) in [7, 11) is 0. The molecule has 1 saturated carbocycles. The molecule has 2 heterocycles. The van der Waals surface area contributed by atoms with E-state index >= 15 is 0 Å². The topological polar surface area (TPSA) is 80.0 Å². The van der Waals surface area contributed by atoms with Crippen molar-refractivity contribution in [1.82, 2.24) is 4.90 Å². The van der Waals surface area contributed by atoms with E-state index in [1.165, 1.54) is 0 Å². The fourth-order valence-electron chi connectivity index (χ4n) is 6.15. The number of aliphatic hydroxyl groups is 1. The fourth-order valence-corrected chi connectivity index (χ4v) is 6.15. The van der Waals surface area contributed by atoms with Crippen molar-refractivity contribution in [3.8, 4) is 5.75 Å². The van der Waals surface area contributed by atoms with Crippen molar-refractivity contribution >= 4 is 16.9 Å². The SMILES string of the molecule is CCCC[C@H]1[C@@H]2CCCC[C@@]2(O)CCN1C(=O)COc1ccc2c(CCC)cc(=O)oc2c1C. The number of hydrogen-bond acceptors (Lipinski definition) is 5. The number of nitrogens with zero attached hydrogens (tertiary/aromatic N) is 1. The maximum Gasteiger partial charge on any atom is 0.336 e. The Kier molecular flexibility index (Phi) is 7.66. The third-order valence-corrected chi connectivity index (χ3v) is 7.96. The number of aryl methyl sites for hydroxylation is 2. The lowest BCUT2D eigenvalue weighted by Gasteiger charge is -2.52. The summed E-state index contributed by atoms with van der Waals surface area (Å²) < 4.78 is 11.5. The van der Waals surface area contributed by atoms with Gasteiger partial charge in [-0.1, -0.05) is 46.0 Å². The maximum atomic E-state index is 13.3. The second-order valence-electron chi connectivity index (χ2n) is 10.2. The lowest BCUT2D eigenvalue weighted by atomic mass is 9.66. The van der Waals surface area contributed by atoms with Crippen LogP contribution in [0.2, 0.25) is 0 Å². The third-order valence-electron chi connectivity index (χ3n) is 7.96. The van der Waals surface area contributed by atoms with Gasteiger partial charge in [-0.15, -0.1) is 0 Å². The van der Waals surface area contributed by atoms with Gasteiger partial charge in [0.2, 0.25) is 0 Å². The molecule has 6 nitrogen and oxygen atoms in total. The molecule has 0 radical (unpaired) electrons. The summed E-state index contributed by atoms with van der Waals surface area (Å²) in [6.07, 6.45) is 9.46. The highest BCUT2D eigenvalue weighted by Crippen LogP contribution is 2.44. The zero-order chi connectivity index (χ0) is 24.3. The van der Waals surface area contributed by atoms with Crippen molar-refractivity contribution in [2.24, 2.45) is 5.92 Å². The molecule has 2 fully saturated rings. The molecule has 0 bridgehead atoms. The van der Waals surface area contributed by atoms with Crippen LogP contribution in [0.4, 0.5) is 0 Å². The van der Waals surface area contributed by atoms with Crippen molar-refractivity contribution in [3.63, 3.8) is 0 Å². The minimum absolute atomic E-state index is 0.0330. The van der Waals surface area contributed by atoms with Gasteiger partial charge in [-0.25, -0.2) is 4.79 Å². The van der Waals surface area contributed by atoms with Crippen LogP contribution < -0.4 is 10.4 Å². The standard InChI is InChI=1S/C28H39NO5/c1-4-6-11-23-22-10-7-8-14-28(22,32)15-16-29(23)25(30)18-33-24-13-12-21-20(9-5-2)17-26(31)34-27(21)19(24)3/h12-13,17,22-23,32H,4-11,14-16,18H2,1-3H3/t22-,23-,28+/m0/s1. The smallest absolute Gasteiger partial charge is 0.336 e. The summed E-state index contributed by atoms with van der Waals surface area (Å²) in [5.74, 6) is 0.683. The molecule has 1 aromatic heterocycles. The number of unbranched alkanes of at least 4 members (excludes halogenated alkanes) is 1. The number of carbonyl (C=O) groups is 1. The Bertz CT molecular complexity index is 1080. The number of likely N-dealkylation sites (tertiary alicyclic amines) is 1. The minimum atomic E-state index is -0.628. The number of piperidine rings is 1. The largest absolute Gasteiger partial charge is 0.483 e. The van der Waals surface area contributed by atoms with Crippen molar-refractivity contribution < 1.29 is 19.1 Å². The second-order valence-corrected chi connectivity index (χ2v) is 10.2. The summed E-state index contributed by atoms with van der Waals surface area (Å²) in [4.78, 5) is 27.4. The Labute approximate surface area is 202 Å². The van der Waals surface area contributed by atoms with Crippen LogP contribution in [0.25, 0.3) is 11.0 Å². The van der Waals surface area contributed by atoms with Crippen LogP contribution in [0.3, 0.4) is 0 Å². The van der Waals surface area contributed by atoms with Crippen molar-refractivity contribution in [3.05, 3.63) is 39.7 Å². The zero-order valence-corrected chi connectivity index (χ0v) is 20.9. The molecule has 1 N–H and O–H groups in total. The second kappa shape index (κ2) is 10.5. The Morgan fingerprint density at radius 1 is 1.24 bits per heavy atom. The Balaban J connectivity index is 1.52. The van der Waals surface area contributed by atoms with Gasteiger partial charge in [0.05, 0.1) is 5.60 Å². The lowest BCUT2D eigenvalue weighted by Crippen LogP contribution is -2.61. The molecule has 2 aliphatic rings. The number of hydrogen-bond donors (Lipinski definition) is 1. The van der Waals surface area contributed by atoms with Gasteiger partial charge in [-0.2, -0.15) is 0 Å². The highest BCUT2D eigenvalue weighted by molar-refractivity contribution is 5.85. The van der Waals surface area contributed by atoms with E-state index in [4.69, 9.17) is 9.15 Å². The van der Waals surface area contributed by atoms with Gasteiger partial charge in [0.25, 0.3) is 5.91 Å². The van der Waals surface area contributed by atoms with Crippen molar-refractivity contribution in [1.29, 1.82) is 0 Å². The molecular weight excluding hydrogens is 430 g/mol. The minimum Gasteiger partial charge on any atom is -0.483 e. The van der Waals surface area contributed by atoms with Gasteiger partial charge in [0.1, 0.15) is 11.3 Å². The van der Waals surface area contributed by atoms with E-state index in [1.807, 2.05) is 24.0 Å². The highest BCUT2D eigenvalue weighted by Gasteiger charge is 2.49. The van der Waals surface area contributed by atoms with Crippen molar-refractivity contribution in [2.75, 3.05) is 13.2 Å². The Morgan fingerprint density at radius 2 is 2.06 bits per heavy atom. The fraction of sp³-hybridized carbons (Fsp3) is 0.643. The van der Waals surface area contributed by atoms with Gasteiger partial charge in [-0.3, -0.25) is 4.79 Å². The monoisotopic (exact) mass is 469 g/mol. The first-order valence-electron chi connectivity index (χ1n) is 13.1. The molecule has 6 heteroatoms. The number of fused-ring (bicyclic) bond motifs is 2. The molecule has 4 rings (SSSR count). The van der Waals surface area contributed by atoms with E-state index < -0.39 is 5.60 Å². The molecule has 34 heavy (non-hydrogen) atoms. The molecule has 1 saturated heterocycles. The quantitative estimate of drug-likeness (QED) is 0.541. The van der Waals surface area contributed by atoms with Crippen LogP contribution in [-0.2, 0) is 11.2 Å². The molecule has 186 valence electrons. The van der Waals surface area contributed by atoms with Gasteiger partial charge in [0.15, 0.2) is 6.61 Å². The first-order chi connectivity index (χ1) is 16.4. The molecule has 1 amide bonds. The van der Waals surface area contributed by atoms with Gasteiger partial charge < -0.3 is 19.2 Å². The van der Waals surface area contributed by atoms with Crippen LogP contribution in [-0.4, -0.2) is 40.7 Å². The number of benzene rings is 1. The van der Waals surface area contributed by atoms with E-state index in [1.54, 1.807) is 6.07 Å². The van der Waals surface area contributed by atoms with Crippen LogP contribution >= 0.6 is 0 Å². The summed E-state index contributed by atoms with van der Waals surface area (Å²) in [6, 6.07) is 5.43. The van der Waals surface area contributed by atoms with E-state index in [0.717, 1.165) is 74.3 Å². The summed E-state index contributed by atoms with van der Waals surface area (Å²) >= 11 is 0. The first kappa shape index (κ1) is 24.8. The summed E-state index contributed by atoms with van der Waals surface area (Å²) in [6.45, 7) is 6.64. The first-order valence-corrected chi connectivity index (χ1v) is 13.1. The molecule has 1 aliphatic heterocycles. The maximum absolute atomic E-state index is 13.3. The van der Waals surface area contributed by atoms with Crippen LogP contribution in [0.1, 0.15) is 82.8 Å². The molecule has 1 aliphatic carbocycles. The van der Waals surface area contributed by atoms with E-state index in [2.05, 4.69) is 13.8 Å². The van der Waals surface area contributed by atoms with Gasteiger partial charge in [-0.05, 0) is 56.7 Å². The molecule has 2 aromatic rings. The molecular formula is C28H39NO5. The molecule has 3 atom stereocenters. The number of carbonyl (C=O) groups excluding carboxylic acids is 1. The number of amides is 1. The van der Waals surface area contributed by atoms with Crippen LogP contribution in [0.5, 0.6) is 5.75 Å². The lowest BCUT2D eigenvalue weighted by molar-refractivity contribution is -0.157. The average Bonchev–Trinajstić information content (AvgIpc) is 2.82. The highest BCUT2D eigenvalue weighted by atomic mass is 16.5. The Hall–Kier alpha value is -2.34. The molecule has 0 unspecified atom stereocenters. The molecule has 0 spiro atoms. The predicted molar refractivity (Wildman–Crippen MR) is 133 cm³/mol. The van der Waals surface area contributed by atoms with Gasteiger partial charge >= 0.3 is 5.63 Å². The summed E-state index contributed by atoms with van der Waals surface area (Å²) in [5, 5.41) is 12.2. The van der Waals surface area contributed by atoms with E-state index in [9.17, 15) is 14.7 Å². The summed E-state index contributed by atoms with van der Waals surface area (Å²) in [5.41, 5.74) is 1.26. The average molecular weight is 470 g/mol. The van der Waals surface area contributed by atoms with E-state index in [0.29, 0.717) is 24.3 Å². The zero-order valence-electron chi connectivity index (χ0n) is 20.9. The van der Waals surface area contributed by atoms with Crippen LogP contribution in [0, 0.1) is 12.8 Å². The number of ether oxygens (including phenoxy) is 1. The molecule has 1 aromatic carbocycles. The van der Waals surface area contributed by atoms with Gasteiger partial charge in [0, 0.05) is 35.5 Å². The normalized spacial score (nSPS) is 24.8.